The van der Waals surface area contributed by atoms with E-state index in [9.17, 15) is 19.2 Å². The summed E-state index contributed by atoms with van der Waals surface area (Å²) < 4.78 is 0. The minimum atomic E-state index is -0.919. The molecule has 0 bridgehead atoms. The van der Waals surface area contributed by atoms with Gasteiger partial charge in [0.05, 0.1) is 0 Å². The van der Waals surface area contributed by atoms with Crippen LogP contribution in [0.3, 0.4) is 0 Å². The van der Waals surface area contributed by atoms with E-state index >= 15 is 0 Å². The summed E-state index contributed by atoms with van der Waals surface area (Å²) in [6.07, 6.45) is 1.94. The van der Waals surface area contributed by atoms with E-state index in [1.165, 1.54) is 17.0 Å². The van der Waals surface area contributed by atoms with Gasteiger partial charge in [0.25, 0.3) is 11.8 Å². The Balaban J connectivity index is 1.40. The molecule has 3 fully saturated rings. The summed E-state index contributed by atoms with van der Waals surface area (Å²) in [4.78, 5) is 50.3. The molecule has 10 heteroatoms. The highest BCUT2D eigenvalue weighted by atomic mass is 35.5. The van der Waals surface area contributed by atoms with Gasteiger partial charge >= 0.3 is 6.03 Å². The molecule has 1 unspecified atom stereocenters. The van der Waals surface area contributed by atoms with E-state index in [2.05, 4.69) is 16.0 Å². The highest BCUT2D eigenvalue weighted by molar-refractivity contribution is 6.35. The largest absolute Gasteiger partial charge is 0.351 e. The van der Waals surface area contributed by atoms with E-state index in [1.54, 1.807) is 6.07 Å². The van der Waals surface area contributed by atoms with Crippen LogP contribution in [0.1, 0.15) is 36.0 Å². The van der Waals surface area contributed by atoms with Crippen molar-refractivity contribution in [1.82, 2.24) is 20.9 Å². The smallest absolute Gasteiger partial charge is 0.322 e. The third-order valence-corrected chi connectivity index (χ3v) is 5.91. The number of benzene rings is 1. The van der Waals surface area contributed by atoms with Crippen LogP contribution in [0.5, 0.6) is 0 Å². The van der Waals surface area contributed by atoms with Gasteiger partial charge in [0, 0.05) is 28.2 Å². The lowest BCUT2D eigenvalue weighted by Crippen LogP contribution is -2.65. The van der Waals surface area contributed by atoms with Crippen molar-refractivity contribution in [1.29, 1.82) is 0 Å². The monoisotopic (exact) mass is 424 g/mol. The second-order valence-electron chi connectivity index (χ2n) is 7.42. The van der Waals surface area contributed by atoms with Crippen molar-refractivity contribution >= 4 is 47.0 Å². The molecule has 2 saturated heterocycles. The number of hydrogen-bond acceptors (Lipinski definition) is 4. The second-order valence-corrected chi connectivity index (χ2v) is 8.29. The number of nitrogens with zero attached hydrogens (tertiary/aromatic N) is 1. The zero-order valence-electron chi connectivity index (χ0n) is 14.8. The quantitative estimate of drug-likeness (QED) is 0.638. The summed E-state index contributed by atoms with van der Waals surface area (Å²) in [5.74, 6) is -0.920. The van der Waals surface area contributed by atoms with Gasteiger partial charge in [-0.15, -0.1) is 0 Å². The molecule has 0 radical (unpaired) electrons. The van der Waals surface area contributed by atoms with Gasteiger partial charge in [-0.2, -0.15) is 0 Å². The van der Waals surface area contributed by atoms with Crippen LogP contribution in [0.25, 0.3) is 0 Å². The molecule has 4 rings (SSSR count). The minimum absolute atomic E-state index is 0.227. The number of halogens is 2. The first-order chi connectivity index (χ1) is 13.3. The number of amides is 5. The number of imide groups is 1. The Labute approximate surface area is 170 Å². The molecule has 148 valence electrons. The van der Waals surface area contributed by atoms with Gasteiger partial charge in [0.1, 0.15) is 11.6 Å². The molecule has 1 saturated carbocycles. The number of carbonyl (C=O) groups excluding carboxylic acids is 4. The molecule has 1 aromatic carbocycles. The predicted octanol–water partition coefficient (Wildman–Crippen LogP) is 1.45. The average molecular weight is 425 g/mol. The lowest BCUT2D eigenvalue weighted by Gasteiger charge is -2.43. The molecule has 28 heavy (non-hydrogen) atoms. The van der Waals surface area contributed by atoms with Gasteiger partial charge in [-0.3, -0.25) is 19.7 Å². The fourth-order valence-electron chi connectivity index (χ4n) is 4.12. The lowest BCUT2D eigenvalue weighted by atomic mass is 9.72. The van der Waals surface area contributed by atoms with E-state index in [0.29, 0.717) is 47.8 Å². The van der Waals surface area contributed by atoms with Gasteiger partial charge in [0.15, 0.2) is 0 Å². The zero-order valence-corrected chi connectivity index (χ0v) is 16.3. The van der Waals surface area contributed by atoms with E-state index in [4.69, 9.17) is 23.2 Å². The number of urea groups is 1. The average Bonchev–Trinajstić information content (AvgIpc) is 3.17. The molecular formula is C18H18Cl2N4O4. The molecule has 5 amide bonds. The van der Waals surface area contributed by atoms with Gasteiger partial charge in [-0.25, -0.2) is 4.79 Å². The first-order valence-electron chi connectivity index (χ1n) is 8.98. The summed E-state index contributed by atoms with van der Waals surface area (Å²) in [7, 11) is 0. The maximum Gasteiger partial charge on any atom is 0.322 e. The predicted molar refractivity (Wildman–Crippen MR) is 101 cm³/mol. The number of carbonyl (C=O) groups is 4. The SMILES string of the molecule is O=C1NC(=O)C2(CC(NC(=O)C3CCCN3C(=O)c3cc(Cl)cc(Cl)c3)C2)N1. The van der Waals surface area contributed by atoms with Crippen molar-refractivity contribution in [2.75, 3.05) is 6.54 Å². The molecule has 2 heterocycles. The van der Waals surface area contributed by atoms with Crippen molar-refractivity contribution < 1.29 is 19.2 Å². The Hall–Kier alpha value is -2.32. The van der Waals surface area contributed by atoms with Gasteiger partial charge < -0.3 is 15.5 Å². The maximum absolute atomic E-state index is 12.8. The van der Waals surface area contributed by atoms with Crippen LogP contribution in [0.4, 0.5) is 4.79 Å². The first kappa shape index (κ1) is 19.0. The van der Waals surface area contributed by atoms with Crippen molar-refractivity contribution in [2.24, 2.45) is 0 Å². The Morgan fingerprint density at radius 3 is 2.43 bits per heavy atom. The molecule has 1 aliphatic carbocycles. The van der Waals surface area contributed by atoms with Crippen LogP contribution in [0, 0.1) is 0 Å². The van der Waals surface area contributed by atoms with Crippen LogP contribution in [0.2, 0.25) is 10.0 Å². The number of likely N-dealkylation sites (tertiary alicyclic amines) is 1. The van der Waals surface area contributed by atoms with Crippen molar-refractivity contribution in [3.05, 3.63) is 33.8 Å². The van der Waals surface area contributed by atoms with E-state index < -0.39 is 17.6 Å². The molecule has 1 spiro atoms. The van der Waals surface area contributed by atoms with Crippen LogP contribution < -0.4 is 16.0 Å². The van der Waals surface area contributed by atoms with Crippen LogP contribution in [-0.2, 0) is 9.59 Å². The lowest BCUT2D eigenvalue weighted by molar-refractivity contribution is -0.132. The van der Waals surface area contributed by atoms with Gasteiger partial charge in [-0.1, -0.05) is 23.2 Å². The first-order valence-corrected chi connectivity index (χ1v) is 9.74. The third-order valence-electron chi connectivity index (χ3n) is 5.48. The fourth-order valence-corrected chi connectivity index (χ4v) is 4.65. The summed E-state index contributed by atoms with van der Waals surface area (Å²) >= 11 is 12.0. The molecule has 3 N–H and O–H groups in total. The molecule has 8 nitrogen and oxygen atoms in total. The van der Waals surface area contributed by atoms with Crippen molar-refractivity contribution in [2.45, 2.75) is 43.3 Å². The summed E-state index contributed by atoms with van der Waals surface area (Å²) in [6, 6.07) is 3.27. The number of rotatable bonds is 3. The summed E-state index contributed by atoms with van der Waals surface area (Å²) in [6.45, 7) is 0.466. The molecule has 2 aliphatic heterocycles. The standard InChI is InChI=1S/C18H18Cl2N4O4/c19-10-4-9(5-11(20)6-10)15(26)24-3-1-2-13(24)14(25)21-12-7-18(8-12)16(27)22-17(28)23-18/h4-6,12-13H,1-3,7-8H2,(H,21,25)(H2,22,23,27,28). The van der Waals surface area contributed by atoms with Gasteiger partial charge in [0.2, 0.25) is 5.91 Å². The number of hydrogen-bond donors (Lipinski definition) is 3. The Kier molecular flexibility index (Phi) is 4.71. The topological polar surface area (TPSA) is 108 Å². The van der Waals surface area contributed by atoms with Gasteiger partial charge in [-0.05, 0) is 43.9 Å². The van der Waals surface area contributed by atoms with E-state index in [-0.39, 0.29) is 23.8 Å². The molecule has 1 aromatic rings. The van der Waals surface area contributed by atoms with Crippen LogP contribution in [0.15, 0.2) is 18.2 Å². The zero-order chi connectivity index (χ0) is 20.1. The van der Waals surface area contributed by atoms with Crippen molar-refractivity contribution in [3.8, 4) is 0 Å². The molecule has 0 aromatic heterocycles. The van der Waals surface area contributed by atoms with Crippen molar-refractivity contribution in [3.63, 3.8) is 0 Å². The molecular weight excluding hydrogens is 407 g/mol. The van der Waals surface area contributed by atoms with E-state index in [1.807, 2.05) is 0 Å². The number of nitrogens with one attached hydrogen (secondary N) is 3. The van der Waals surface area contributed by atoms with Crippen LogP contribution in [-0.4, -0.2) is 52.8 Å². The highest BCUT2D eigenvalue weighted by Gasteiger charge is 2.56. The summed E-state index contributed by atoms with van der Waals surface area (Å²) in [5.41, 5.74) is -0.581. The normalized spacial score (nSPS) is 28.7. The Bertz CT molecular complexity index is 864. The summed E-state index contributed by atoms with van der Waals surface area (Å²) in [5, 5.41) is 8.42. The molecule has 3 aliphatic rings. The van der Waals surface area contributed by atoms with E-state index in [0.717, 1.165) is 0 Å². The maximum atomic E-state index is 12.8. The van der Waals surface area contributed by atoms with Crippen LogP contribution >= 0.6 is 23.2 Å². The second kappa shape index (κ2) is 6.93. The Morgan fingerprint density at radius 1 is 1.14 bits per heavy atom. The highest BCUT2D eigenvalue weighted by Crippen LogP contribution is 2.35. The fraction of sp³-hybridized carbons (Fsp3) is 0.444. The Morgan fingerprint density at radius 2 is 1.82 bits per heavy atom. The third kappa shape index (κ3) is 3.31. The molecule has 1 atom stereocenters. The minimum Gasteiger partial charge on any atom is -0.351 e.